The van der Waals surface area contributed by atoms with E-state index in [0.29, 0.717) is 0 Å². The molecule has 0 atom stereocenters. The highest BCUT2D eigenvalue weighted by atomic mass is 19.4. The Morgan fingerprint density at radius 1 is 1.00 bits per heavy atom. The Kier molecular flexibility index (Phi) is 4.15. The number of alkyl halides is 3. The van der Waals surface area contributed by atoms with Gasteiger partial charge in [0.2, 0.25) is 0 Å². The van der Waals surface area contributed by atoms with Crippen molar-refractivity contribution in [3.63, 3.8) is 0 Å². The Morgan fingerprint density at radius 2 is 1.62 bits per heavy atom. The summed E-state index contributed by atoms with van der Waals surface area (Å²) in [5.41, 5.74) is 0.710. The Bertz CT molecular complexity index is 907. The summed E-state index contributed by atoms with van der Waals surface area (Å²) in [6, 6.07) is 8.68. The van der Waals surface area contributed by atoms with Crippen LogP contribution >= 0.6 is 0 Å². The highest BCUT2D eigenvalue weighted by molar-refractivity contribution is 6.22. The first-order chi connectivity index (χ1) is 12.2. The molecule has 26 heavy (non-hydrogen) atoms. The number of nitrogens with zero attached hydrogens (tertiary/aromatic N) is 1. The molecule has 1 aliphatic rings. The average Bonchev–Trinajstić information content (AvgIpc) is 2.79. The Morgan fingerprint density at radius 3 is 2.23 bits per heavy atom. The molecule has 0 saturated heterocycles. The molecule has 9 heteroatoms. The predicted octanol–water partition coefficient (Wildman–Crippen LogP) is 3.06. The zero-order chi connectivity index (χ0) is 19.1. The summed E-state index contributed by atoms with van der Waals surface area (Å²) in [6.45, 7) is 0. The molecule has 1 heterocycles. The fraction of sp³-hybridized carbons (Fsp3) is 0.118. The van der Waals surface area contributed by atoms with Crippen LogP contribution in [0.25, 0.3) is 0 Å². The van der Waals surface area contributed by atoms with Crippen molar-refractivity contribution >= 4 is 23.4 Å². The number of carbonyl (C=O) groups is 3. The molecule has 0 aliphatic carbocycles. The first kappa shape index (κ1) is 17.5. The molecule has 3 rings (SSSR count). The van der Waals surface area contributed by atoms with Crippen LogP contribution in [0.3, 0.4) is 0 Å². The maximum Gasteiger partial charge on any atom is 0.573 e. The molecular weight excluding hydrogens is 353 g/mol. The van der Waals surface area contributed by atoms with Crippen LogP contribution in [0.15, 0.2) is 42.5 Å². The summed E-state index contributed by atoms with van der Waals surface area (Å²) < 4.78 is 40.1. The van der Waals surface area contributed by atoms with E-state index in [-0.39, 0.29) is 22.4 Å². The van der Waals surface area contributed by atoms with E-state index in [1.165, 1.54) is 37.4 Å². The van der Waals surface area contributed by atoms with Gasteiger partial charge in [0.1, 0.15) is 5.75 Å². The van der Waals surface area contributed by atoms with Gasteiger partial charge in [0.05, 0.1) is 11.1 Å². The number of nitrogens with one attached hydrogen (secondary N) is 1. The van der Waals surface area contributed by atoms with E-state index in [1.54, 1.807) is 0 Å². The zero-order valence-electron chi connectivity index (χ0n) is 13.3. The maximum atomic E-state index is 12.3. The number of ether oxygens (including phenoxy) is 1. The van der Waals surface area contributed by atoms with E-state index < -0.39 is 29.8 Å². The van der Waals surface area contributed by atoms with Gasteiger partial charge in [0.25, 0.3) is 17.7 Å². The fourth-order valence-electron chi connectivity index (χ4n) is 2.45. The number of imide groups is 1. The van der Waals surface area contributed by atoms with Gasteiger partial charge < -0.3 is 10.1 Å². The molecule has 3 amide bonds. The number of halogens is 3. The molecule has 2 aromatic carbocycles. The van der Waals surface area contributed by atoms with Gasteiger partial charge in [0, 0.05) is 18.3 Å². The van der Waals surface area contributed by atoms with Crippen molar-refractivity contribution in [2.75, 3.05) is 12.4 Å². The van der Waals surface area contributed by atoms with E-state index in [9.17, 15) is 27.6 Å². The van der Waals surface area contributed by atoms with Crippen molar-refractivity contribution in [3.8, 4) is 5.75 Å². The zero-order valence-corrected chi connectivity index (χ0v) is 13.3. The van der Waals surface area contributed by atoms with Crippen LogP contribution in [0.1, 0.15) is 31.1 Å². The van der Waals surface area contributed by atoms with Gasteiger partial charge in [-0.1, -0.05) is 0 Å². The molecule has 0 bridgehead atoms. The molecule has 0 saturated carbocycles. The number of rotatable bonds is 3. The minimum absolute atomic E-state index is 0.124. The molecule has 1 N–H and O–H groups in total. The maximum absolute atomic E-state index is 12.3. The smallest absolute Gasteiger partial charge is 0.406 e. The van der Waals surface area contributed by atoms with Crippen molar-refractivity contribution in [2.24, 2.45) is 0 Å². The lowest BCUT2D eigenvalue weighted by atomic mass is 10.1. The average molecular weight is 364 g/mol. The molecular formula is C17H11F3N2O4. The van der Waals surface area contributed by atoms with Crippen LogP contribution in [0.2, 0.25) is 0 Å². The normalized spacial score (nSPS) is 13.6. The summed E-state index contributed by atoms with van der Waals surface area (Å²) in [5, 5.41) is 2.49. The number of hydrogen-bond donors (Lipinski definition) is 1. The SMILES string of the molecule is CN1C(=O)c2ccc(C(=O)Nc3ccc(OC(F)(F)F)cc3)cc2C1=O. The summed E-state index contributed by atoms with van der Waals surface area (Å²) in [4.78, 5) is 37.0. The summed E-state index contributed by atoms with van der Waals surface area (Å²) >= 11 is 0. The molecule has 0 spiro atoms. The molecule has 0 unspecified atom stereocenters. The van der Waals surface area contributed by atoms with Gasteiger partial charge in [-0.25, -0.2) is 0 Å². The lowest BCUT2D eigenvalue weighted by molar-refractivity contribution is -0.274. The first-order valence-corrected chi connectivity index (χ1v) is 7.29. The number of carbonyl (C=O) groups excluding carboxylic acids is 3. The minimum Gasteiger partial charge on any atom is -0.406 e. The van der Waals surface area contributed by atoms with Crippen molar-refractivity contribution in [1.29, 1.82) is 0 Å². The summed E-state index contributed by atoms with van der Waals surface area (Å²) in [5.74, 6) is -1.95. The number of hydrogen-bond acceptors (Lipinski definition) is 4. The largest absolute Gasteiger partial charge is 0.573 e. The molecule has 0 radical (unpaired) electrons. The Labute approximate surface area is 145 Å². The minimum atomic E-state index is -4.80. The van der Waals surface area contributed by atoms with Crippen molar-refractivity contribution in [2.45, 2.75) is 6.36 Å². The number of benzene rings is 2. The van der Waals surface area contributed by atoms with E-state index in [4.69, 9.17) is 0 Å². The number of anilines is 1. The predicted molar refractivity (Wildman–Crippen MR) is 83.9 cm³/mol. The van der Waals surface area contributed by atoms with Crippen molar-refractivity contribution < 1.29 is 32.3 Å². The quantitative estimate of drug-likeness (QED) is 0.850. The molecule has 2 aromatic rings. The lowest BCUT2D eigenvalue weighted by Gasteiger charge is -2.10. The lowest BCUT2D eigenvalue weighted by Crippen LogP contribution is -2.24. The molecule has 134 valence electrons. The molecule has 0 fully saturated rings. The van der Waals surface area contributed by atoms with E-state index >= 15 is 0 Å². The first-order valence-electron chi connectivity index (χ1n) is 7.29. The third-order valence-electron chi connectivity index (χ3n) is 3.70. The standard InChI is InChI=1S/C17H11F3N2O4/c1-22-15(24)12-7-2-9(8-13(12)16(22)25)14(23)21-10-3-5-11(6-4-10)26-17(18,19)20/h2-8H,1H3,(H,21,23). The van der Waals surface area contributed by atoms with Crippen molar-refractivity contribution in [3.05, 3.63) is 59.2 Å². The van der Waals surface area contributed by atoms with E-state index in [0.717, 1.165) is 17.0 Å². The third kappa shape index (κ3) is 3.37. The topological polar surface area (TPSA) is 75.7 Å². The van der Waals surface area contributed by atoms with Gasteiger partial charge in [-0.2, -0.15) is 0 Å². The van der Waals surface area contributed by atoms with Crippen LogP contribution in [-0.4, -0.2) is 36.0 Å². The fourth-order valence-corrected chi connectivity index (χ4v) is 2.45. The Balaban J connectivity index is 1.75. The third-order valence-corrected chi connectivity index (χ3v) is 3.70. The van der Waals surface area contributed by atoms with Gasteiger partial charge in [0.15, 0.2) is 0 Å². The van der Waals surface area contributed by atoms with Gasteiger partial charge in [-0.05, 0) is 42.5 Å². The van der Waals surface area contributed by atoms with E-state index in [1.807, 2.05) is 0 Å². The van der Waals surface area contributed by atoms with Crippen LogP contribution < -0.4 is 10.1 Å². The van der Waals surface area contributed by atoms with Gasteiger partial charge in [-0.15, -0.1) is 13.2 Å². The second-order valence-electron chi connectivity index (χ2n) is 5.46. The van der Waals surface area contributed by atoms with E-state index in [2.05, 4.69) is 10.1 Å². The summed E-state index contributed by atoms with van der Waals surface area (Å²) in [7, 11) is 1.34. The van der Waals surface area contributed by atoms with Crippen molar-refractivity contribution in [1.82, 2.24) is 4.90 Å². The highest BCUT2D eigenvalue weighted by Crippen LogP contribution is 2.25. The van der Waals surface area contributed by atoms with Gasteiger partial charge in [-0.3, -0.25) is 19.3 Å². The highest BCUT2D eigenvalue weighted by Gasteiger charge is 2.33. The molecule has 6 nitrogen and oxygen atoms in total. The van der Waals surface area contributed by atoms with Crippen LogP contribution in [0, 0.1) is 0 Å². The molecule has 0 aromatic heterocycles. The second kappa shape index (κ2) is 6.17. The second-order valence-corrected chi connectivity index (χ2v) is 5.46. The van der Waals surface area contributed by atoms with Gasteiger partial charge >= 0.3 is 6.36 Å². The number of amides is 3. The number of fused-ring (bicyclic) bond motifs is 1. The van der Waals surface area contributed by atoms with Crippen LogP contribution in [0.5, 0.6) is 5.75 Å². The summed E-state index contributed by atoms with van der Waals surface area (Å²) in [6.07, 6.45) is -4.80. The Hall–Kier alpha value is -3.36. The monoisotopic (exact) mass is 364 g/mol. The van der Waals surface area contributed by atoms with Crippen LogP contribution in [0.4, 0.5) is 18.9 Å². The molecule has 1 aliphatic heterocycles. The van der Waals surface area contributed by atoms with Crippen LogP contribution in [-0.2, 0) is 0 Å².